The Kier molecular flexibility index (Phi) is 4.98. The van der Waals surface area contributed by atoms with Crippen molar-refractivity contribution in [1.29, 1.82) is 0 Å². The molecule has 0 radical (unpaired) electrons. The minimum atomic E-state index is -0.0242. The summed E-state index contributed by atoms with van der Waals surface area (Å²) in [5.74, 6) is 0.748. The van der Waals surface area contributed by atoms with Gasteiger partial charge in [0.2, 0.25) is 5.91 Å². The molecule has 1 N–H and O–H groups in total. The molecule has 0 aromatic carbocycles. The fourth-order valence-corrected chi connectivity index (χ4v) is 3.54. The maximum atomic E-state index is 12.6. The molecule has 2 heterocycles. The standard InChI is InChI=1S/C17H26N4O2/c1-20-15(18-16(22)13-8-4-5-9-13)12-14(19-20)17(23)21-10-6-2-3-7-11-21/h12-13H,2-11H2,1H3,(H,18,22). The summed E-state index contributed by atoms with van der Waals surface area (Å²) in [6.45, 7) is 1.61. The number of rotatable bonds is 3. The van der Waals surface area contributed by atoms with Crippen molar-refractivity contribution < 1.29 is 9.59 Å². The quantitative estimate of drug-likeness (QED) is 0.931. The summed E-state index contributed by atoms with van der Waals surface area (Å²) in [6, 6.07) is 1.71. The van der Waals surface area contributed by atoms with E-state index in [4.69, 9.17) is 0 Å². The highest BCUT2D eigenvalue weighted by molar-refractivity contribution is 5.96. The van der Waals surface area contributed by atoms with E-state index in [1.807, 2.05) is 4.90 Å². The van der Waals surface area contributed by atoms with E-state index < -0.39 is 0 Å². The molecule has 2 aliphatic rings. The molecular weight excluding hydrogens is 292 g/mol. The van der Waals surface area contributed by atoms with Gasteiger partial charge in [-0.3, -0.25) is 14.3 Å². The van der Waals surface area contributed by atoms with Gasteiger partial charge in [0.1, 0.15) is 5.82 Å². The van der Waals surface area contributed by atoms with Crippen LogP contribution in [0.3, 0.4) is 0 Å². The smallest absolute Gasteiger partial charge is 0.274 e. The lowest BCUT2D eigenvalue weighted by atomic mass is 10.1. The van der Waals surface area contributed by atoms with Crippen LogP contribution in [-0.4, -0.2) is 39.6 Å². The first-order valence-electron chi connectivity index (χ1n) is 8.79. The van der Waals surface area contributed by atoms with Gasteiger partial charge in [-0.1, -0.05) is 25.7 Å². The SMILES string of the molecule is Cn1nc(C(=O)N2CCCCCC2)cc1NC(=O)C1CCCC1. The maximum absolute atomic E-state index is 12.6. The lowest BCUT2D eigenvalue weighted by Gasteiger charge is -2.18. The lowest BCUT2D eigenvalue weighted by molar-refractivity contribution is -0.119. The molecule has 3 rings (SSSR count). The summed E-state index contributed by atoms with van der Waals surface area (Å²) in [4.78, 5) is 26.7. The molecule has 6 nitrogen and oxygen atoms in total. The number of aromatic nitrogens is 2. The van der Waals surface area contributed by atoms with E-state index in [0.29, 0.717) is 11.5 Å². The second kappa shape index (κ2) is 7.15. The Bertz CT molecular complexity index is 567. The molecule has 1 saturated carbocycles. The highest BCUT2D eigenvalue weighted by Gasteiger charge is 2.25. The van der Waals surface area contributed by atoms with Gasteiger partial charge in [0, 0.05) is 32.1 Å². The molecule has 0 spiro atoms. The van der Waals surface area contributed by atoms with Crippen LogP contribution >= 0.6 is 0 Å². The van der Waals surface area contributed by atoms with Gasteiger partial charge in [-0.05, 0) is 25.7 Å². The molecule has 23 heavy (non-hydrogen) atoms. The highest BCUT2D eigenvalue weighted by atomic mass is 16.2. The summed E-state index contributed by atoms with van der Waals surface area (Å²) in [6.07, 6.45) is 8.67. The lowest BCUT2D eigenvalue weighted by Crippen LogP contribution is -2.32. The summed E-state index contributed by atoms with van der Waals surface area (Å²) < 4.78 is 1.60. The number of nitrogens with zero attached hydrogens (tertiary/aromatic N) is 3. The van der Waals surface area contributed by atoms with E-state index in [-0.39, 0.29) is 17.7 Å². The molecule has 1 aliphatic heterocycles. The Hall–Kier alpha value is -1.85. The first-order valence-corrected chi connectivity index (χ1v) is 8.79. The molecule has 2 fully saturated rings. The maximum Gasteiger partial charge on any atom is 0.274 e. The van der Waals surface area contributed by atoms with E-state index in [1.54, 1.807) is 17.8 Å². The van der Waals surface area contributed by atoms with Crippen molar-refractivity contribution in [3.63, 3.8) is 0 Å². The van der Waals surface area contributed by atoms with Crippen molar-refractivity contribution in [1.82, 2.24) is 14.7 Å². The Balaban J connectivity index is 1.67. The number of aryl methyl sites for hydroxylation is 1. The van der Waals surface area contributed by atoms with E-state index in [2.05, 4.69) is 10.4 Å². The molecular formula is C17H26N4O2. The van der Waals surface area contributed by atoms with E-state index in [9.17, 15) is 9.59 Å². The molecule has 1 aromatic heterocycles. The molecule has 0 atom stereocenters. The zero-order valence-electron chi connectivity index (χ0n) is 13.9. The molecule has 6 heteroatoms. The Morgan fingerprint density at radius 3 is 2.39 bits per heavy atom. The van der Waals surface area contributed by atoms with Crippen LogP contribution in [0.25, 0.3) is 0 Å². The average molecular weight is 318 g/mol. The van der Waals surface area contributed by atoms with Crippen LogP contribution in [0.1, 0.15) is 61.9 Å². The van der Waals surface area contributed by atoms with Gasteiger partial charge in [0.15, 0.2) is 5.69 Å². The summed E-state index contributed by atoms with van der Waals surface area (Å²) in [5, 5.41) is 7.24. The van der Waals surface area contributed by atoms with Gasteiger partial charge in [-0.15, -0.1) is 0 Å². The van der Waals surface area contributed by atoms with Crippen LogP contribution in [0.5, 0.6) is 0 Å². The first kappa shape index (κ1) is 16.0. The normalized spacial score (nSPS) is 19.6. The fourth-order valence-electron chi connectivity index (χ4n) is 3.54. The fraction of sp³-hybridized carbons (Fsp3) is 0.706. The van der Waals surface area contributed by atoms with E-state index in [0.717, 1.165) is 51.6 Å². The van der Waals surface area contributed by atoms with Gasteiger partial charge in [0.25, 0.3) is 5.91 Å². The Morgan fingerprint density at radius 2 is 1.74 bits per heavy atom. The average Bonchev–Trinajstić information content (AvgIpc) is 3.11. The third-order valence-electron chi connectivity index (χ3n) is 4.97. The zero-order valence-corrected chi connectivity index (χ0v) is 13.9. The predicted octanol–water partition coefficient (Wildman–Crippen LogP) is 2.57. The largest absolute Gasteiger partial charge is 0.337 e. The van der Waals surface area contributed by atoms with Crippen molar-refractivity contribution in [3.05, 3.63) is 11.8 Å². The van der Waals surface area contributed by atoms with Crippen molar-refractivity contribution >= 4 is 17.6 Å². The molecule has 1 saturated heterocycles. The van der Waals surface area contributed by atoms with E-state index in [1.165, 1.54) is 12.8 Å². The first-order chi connectivity index (χ1) is 11.1. The third-order valence-corrected chi connectivity index (χ3v) is 4.97. The third kappa shape index (κ3) is 3.74. The van der Waals surface area contributed by atoms with Crippen LogP contribution in [0.2, 0.25) is 0 Å². The number of hydrogen-bond acceptors (Lipinski definition) is 3. The van der Waals surface area contributed by atoms with Crippen molar-refractivity contribution in [3.8, 4) is 0 Å². The van der Waals surface area contributed by atoms with Crippen molar-refractivity contribution in [2.24, 2.45) is 13.0 Å². The predicted molar refractivity (Wildman–Crippen MR) is 88.2 cm³/mol. The monoisotopic (exact) mass is 318 g/mol. The van der Waals surface area contributed by atoms with Crippen molar-refractivity contribution in [2.45, 2.75) is 51.4 Å². The minimum Gasteiger partial charge on any atom is -0.337 e. The number of anilines is 1. The van der Waals surface area contributed by atoms with Gasteiger partial charge in [0.05, 0.1) is 0 Å². The highest BCUT2D eigenvalue weighted by Crippen LogP contribution is 2.26. The second-order valence-electron chi connectivity index (χ2n) is 6.72. The minimum absolute atomic E-state index is 0.0242. The van der Waals surface area contributed by atoms with Gasteiger partial charge < -0.3 is 10.2 Å². The van der Waals surface area contributed by atoms with Crippen LogP contribution in [0, 0.1) is 5.92 Å². The number of hydrogen-bond donors (Lipinski definition) is 1. The summed E-state index contributed by atoms with van der Waals surface area (Å²) in [5.41, 5.74) is 0.427. The summed E-state index contributed by atoms with van der Waals surface area (Å²) >= 11 is 0. The molecule has 0 bridgehead atoms. The van der Waals surface area contributed by atoms with Crippen LogP contribution in [0.4, 0.5) is 5.82 Å². The van der Waals surface area contributed by atoms with E-state index >= 15 is 0 Å². The molecule has 1 aromatic rings. The van der Waals surface area contributed by atoms with Gasteiger partial charge in [-0.2, -0.15) is 5.10 Å². The number of carbonyl (C=O) groups excluding carboxylic acids is 2. The Morgan fingerprint density at radius 1 is 1.09 bits per heavy atom. The summed E-state index contributed by atoms with van der Waals surface area (Å²) in [7, 11) is 1.77. The molecule has 2 amide bonds. The van der Waals surface area contributed by atoms with Gasteiger partial charge >= 0.3 is 0 Å². The Labute approximate surface area is 137 Å². The molecule has 0 unspecified atom stereocenters. The number of likely N-dealkylation sites (tertiary alicyclic amines) is 1. The van der Waals surface area contributed by atoms with Gasteiger partial charge in [-0.25, -0.2) is 0 Å². The number of carbonyl (C=O) groups is 2. The molecule has 126 valence electrons. The van der Waals surface area contributed by atoms with Crippen LogP contribution in [-0.2, 0) is 11.8 Å². The van der Waals surface area contributed by atoms with Crippen molar-refractivity contribution in [2.75, 3.05) is 18.4 Å². The number of nitrogens with one attached hydrogen (secondary N) is 1. The second-order valence-corrected chi connectivity index (χ2v) is 6.72. The molecule has 1 aliphatic carbocycles. The zero-order chi connectivity index (χ0) is 16.2. The van der Waals surface area contributed by atoms with Crippen LogP contribution < -0.4 is 5.32 Å². The topological polar surface area (TPSA) is 67.2 Å². The van der Waals surface area contributed by atoms with Crippen LogP contribution in [0.15, 0.2) is 6.07 Å². The number of amides is 2.